The zero-order chi connectivity index (χ0) is 12.1. The van der Waals surface area contributed by atoms with Gasteiger partial charge < -0.3 is 5.11 Å². The fourth-order valence-corrected chi connectivity index (χ4v) is 2.18. The molecule has 1 unspecified atom stereocenters. The molecular formula is C15H20O. The fourth-order valence-electron chi connectivity index (χ4n) is 2.18. The fraction of sp³-hybridized carbons (Fsp3) is 0.467. The molecule has 0 radical (unpaired) electrons. The first kappa shape index (κ1) is 12.6. The number of aromatic hydroxyl groups is 1. The van der Waals surface area contributed by atoms with Gasteiger partial charge in [-0.05, 0) is 48.6 Å². The molecular weight excluding hydrogens is 196 g/mol. The highest BCUT2D eigenvalue weighted by molar-refractivity contribution is 5.42. The van der Waals surface area contributed by atoms with Crippen LogP contribution in [0.2, 0.25) is 0 Å². The minimum absolute atomic E-state index is 0.352. The monoisotopic (exact) mass is 216 g/mol. The lowest BCUT2D eigenvalue weighted by atomic mass is 9.90. The van der Waals surface area contributed by atoms with Crippen molar-refractivity contribution >= 4 is 0 Å². The van der Waals surface area contributed by atoms with Gasteiger partial charge in [0.2, 0.25) is 0 Å². The molecule has 1 N–H and O–H groups in total. The Balaban J connectivity index is 2.95. The molecule has 1 nitrogen and oxygen atoms in total. The summed E-state index contributed by atoms with van der Waals surface area (Å²) in [5.41, 5.74) is 3.63. The first-order chi connectivity index (χ1) is 7.56. The van der Waals surface area contributed by atoms with Gasteiger partial charge in [-0.15, -0.1) is 11.8 Å². The van der Waals surface area contributed by atoms with E-state index in [0.717, 1.165) is 24.0 Å². The summed E-state index contributed by atoms with van der Waals surface area (Å²) in [6.45, 7) is 8.35. The maximum absolute atomic E-state index is 9.49. The number of hydrogen-bond donors (Lipinski definition) is 1. The van der Waals surface area contributed by atoms with E-state index in [9.17, 15) is 5.11 Å². The Labute approximate surface area is 98.5 Å². The maximum Gasteiger partial charge on any atom is 0.116 e. The van der Waals surface area contributed by atoms with Crippen molar-refractivity contribution < 1.29 is 5.11 Å². The molecule has 1 heteroatoms. The summed E-state index contributed by atoms with van der Waals surface area (Å²) in [5.74, 6) is 7.07. The molecule has 0 aliphatic heterocycles. The average Bonchev–Trinajstić information content (AvgIpc) is 2.16. The van der Waals surface area contributed by atoms with E-state index in [1.807, 2.05) is 26.0 Å². The summed E-state index contributed by atoms with van der Waals surface area (Å²) < 4.78 is 0. The lowest BCUT2D eigenvalue weighted by Crippen LogP contribution is -1.99. The van der Waals surface area contributed by atoms with Crippen LogP contribution in [0.3, 0.4) is 0 Å². The third kappa shape index (κ3) is 3.03. The van der Waals surface area contributed by atoms with Gasteiger partial charge in [0.25, 0.3) is 0 Å². The lowest BCUT2D eigenvalue weighted by molar-refractivity contribution is 0.474. The standard InChI is InChI=1S/C15H20O/c1-5-6-7-8-11(2)15-12(3)9-14(16)10-13(15)4/h9-11,16H,5,8H2,1-4H3. The van der Waals surface area contributed by atoms with Gasteiger partial charge in [0.05, 0.1) is 0 Å². The Hall–Kier alpha value is -1.42. The normalized spacial score (nSPS) is 11.8. The van der Waals surface area contributed by atoms with Gasteiger partial charge in [-0.3, -0.25) is 0 Å². The summed E-state index contributed by atoms with van der Waals surface area (Å²) in [7, 11) is 0. The van der Waals surface area contributed by atoms with Crippen LogP contribution in [0, 0.1) is 25.7 Å². The van der Waals surface area contributed by atoms with Crippen LogP contribution >= 0.6 is 0 Å². The smallest absolute Gasteiger partial charge is 0.116 e. The molecule has 0 heterocycles. The second-order valence-electron chi connectivity index (χ2n) is 4.31. The van der Waals surface area contributed by atoms with Gasteiger partial charge >= 0.3 is 0 Å². The van der Waals surface area contributed by atoms with Crippen molar-refractivity contribution in [2.24, 2.45) is 0 Å². The van der Waals surface area contributed by atoms with Gasteiger partial charge in [0.1, 0.15) is 5.75 Å². The van der Waals surface area contributed by atoms with Crippen LogP contribution in [0.4, 0.5) is 0 Å². The minimum atomic E-state index is 0.352. The molecule has 1 aromatic rings. The number of phenols is 1. The van der Waals surface area contributed by atoms with E-state index in [4.69, 9.17) is 0 Å². The van der Waals surface area contributed by atoms with Crippen LogP contribution in [-0.4, -0.2) is 5.11 Å². The van der Waals surface area contributed by atoms with Crippen LogP contribution in [-0.2, 0) is 0 Å². The Morgan fingerprint density at radius 1 is 1.19 bits per heavy atom. The summed E-state index contributed by atoms with van der Waals surface area (Å²) in [6.07, 6.45) is 1.81. The molecule has 1 aromatic carbocycles. The van der Waals surface area contributed by atoms with Crippen LogP contribution in [0.1, 0.15) is 49.3 Å². The average molecular weight is 216 g/mol. The van der Waals surface area contributed by atoms with Crippen LogP contribution < -0.4 is 0 Å². The Bertz CT molecular complexity index is 398. The maximum atomic E-state index is 9.49. The van der Waals surface area contributed by atoms with Gasteiger partial charge in [-0.1, -0.05) is 13.8 Å². The van der Waals surface area contributed by atoms with E-state index in [2.05, 4.69) is 25.7 Å². The van der Waals surface area contributed by atoms with Crippen molar-refractivity contribution in [1.82, 2.24) is 0 Å². The molecule has 0 saturated carbocycles. The Kier molecular flexibility index (Phi) is 4.43. The molecule has 0 aliphatic carbocycles. The highest BCUT2D eigenvalue weighted by atomic mass is 16.3. The summed E-state index contributed by atoms with van der Waals surface area (Å²) >= 11 is 0. The number of rotatable bonds is 2. The van der Waals surface area contributed by atoms with Crippen LogP contribution in [0.5, 0.6) is 5.75 Å². The Morgan fingerprint density at radius 3 is 2.25 bits per heavy atom. The van der Waals surface area contributed by atoms with Crippen molar-refractivity contribution in [3.8, 4) is 17.6 Å². The number of benzene rings is 1. The molecule has 1 rings (SSSR count). The van der Waals surface area contributed by atoms with Crippen molar-refractivity contribution in [2.75, 3.05) is 0 Å². The van der Waals surface area contributed by atoms with Gasteiger partial charge in [-0.25, -0.2) is 0 Å². The SMILES string of the molecule is CCC#CCC(C)c1c(C)cc(O)cc1C. The highest BCUT2D eigenvalue weighted by Crippen LogP contribution is 2.29. The third-order valence-corrected chi connectivity index (χ3v) is 2.78. The predicted octanol–water partition coefficient (Wildman–Crippen LogP) is 3.92. The largest absolute Gasteiger partial charge is 0.508 e. The van der Waals surface area contributed by atoms with E-state index in [1.54, 1.807) is 0 Å². The first-order valence-corrected chi connectivity index (χ1v) is 5.82. The molecule has 0 bridgehead atoms. The van der Waals surface area contributed by atoms with Gasteiger partial charge in [0.15, 0.2) is 0 Å². The molecule has 0 aromatic heterocycles. The lowest BCUT2D eigenvalue weighted by Gasteiger charge is -2.15. The van der Waals surface area contributed by atoms with Crippen LogP contribution in [0.15, 0.2) is 12.1 Å². The van der Waals surface area contributed by atoms with Crippen molar-refractivity contribution in [3.05, 3.63) is 28.8 Å². The Morgan fingerprint density at radius 2 is 1.75 bits per heavy atom. The second kappa shape index (κ2) is 5.61. The van der Waals surface area contributed by atoms with Crippen molar-refractivity contribution in [3.63, 3.8) is 0 Å². The van der Waals surface area contributed by atoms with E-state index < -0.39 is 0 Å². The van der Waals surface area contributed by atoms with Gasteiger partial charge in [-0.2, -0.15) is 0 Å². The second-order valence-corrected chi connectivity index (χ2v) is 4.31. The molecule has 0 fully saturated rings. The van der Waals surface area contributed by atoms with E-state index in [-0.39, 0.29) is 0 Å². The number of aryl methyl sites for hydroxylation is 2. The van der Waals surface area contributed by atoms with Crippen LogP contribution in [0.25, 0.3) is 0 Å². The topological polar surface area (TPSA) is 20.2 Å². The van der Waals surface area contributed by atoms with Gasteiger partial charge in [0, 0.05) is 12.8 Å². The number of hydrogen-bond acceptors (Lipinski definition) is 1. The molecule has 0 spiro atoms. The molecule has 86 valence electrons. The number of phenolic OH excluding ortho intramolecular Hbond substituents is 1. The zero-order valence-electron chi connectivity index (χ0n) is 10.6. The highest BCUT2D eigenvalue weighted by Gasteiger charge is 2.11. The molecule has 1 atom stereocenters. The first-order valence-electron chi connectivity index (χ1n) is 5.82. The van der Waals surface area contributed by atoms with Crippen molar-refractivity contribution in [2.45, 2.75) is 46.5 Å². The summed E-state index contributed by atoms with van der Waals surface area (Å²) in [4.78, 5) is 0. The molecule has 0 saturated heterocycles. The van der Waals surface area contributed by atoms with E-state index in [0.29, 0.717) is 11.7 Å². The minimum Gasteiger partial charge on any atom is -0.508 e. The third-order valence-electron chi connectivity index (χ3n) is 2.78. The summed E-state index contributed by atoms with van der Waals surface area (Å²) in [6, 6.07) is 3.65. The molecule has 0 aliphatic rings. The van der Waals surface area contributed by atoms with E-state index >= 15 is 0 Å². The zero-order valence-corrected chi connectivity index (χ0v) is 10.6. The summed E-state index contributed by atoms with van der Waals surface area (Å²) in [5, 5.41) is 9.49. The predicted molar refractivity (Wildman–Crippen MR) is 68.7 cm³/mol. The van der Waals surface area contributed by atoms with Crippen molar-refractivity contribution in [1.29, 1.82) is 0 Å². The molecule has 0 amide bonds. The molecule has 16 heavy (non-hydrogen) atoms. The van der Waals surface area contributed by atoms with E-state index in [1.165, 1.54) is 5.56 Å². The quantitative estimate of drug-likeness (QED) is 0.743.